The van der Waals surface area contributed by atoms with Crippen molar-refractivity contribution in [1.29, 1.82) is 0 Å². The normalized spacial score (nSPS) is 11.7. The van der Waals surface area contributed by atoms with E-state index in [4.69, 9.17) is 16.3 Å². The van der Waals surface area contributed by atoms with Gasteiger partial charge in [-0.2, -0.15) is 0 Å². The van der Waals surface area contributed by atoms with Crippen molar-refractivity contribution in [1.82, 2.24) is 5.32 Å². The lowest BCUT2D eigenvalue weighted by atomic mass is 10.1. The van der Waals surface area contributed by atoms with Gasteiger partial charge in [-0.25, -0.2) is 0 Å². The highest BCUT2D eigenvalue weighted by molar-refractivity contribution is 7.99. The first-order valence-corrected chi connectivity index (χ1v) is 10.4. The van der Waals surface area contributed by atoms with Crippen molar-refractivity contribution in [3.05, 3.63) is 64.2 Å². The predicted molar refractivity (Wildman–Crippen MR) is 116 cm³/mol. The summed E-state index contributed by atoms with van der Waals surface area (Å²) in [7, 11) is 1.60. The highest BCUT2D eigenvalue weighted by Crippen LogP contribution is 2.21. The molecule has 2 aromatic rings. The minimum absolute atomic E-state index is 0.00342. The van der Waals surface area contributed by atoms with Crippen molar-refractivity contribution in [3.63, 3.8) is 0 Å². The number of carbonyl (C=O) groups excluding carboxylic acids is 2. The van der Waals surface area contributed by atoms with Gasteiger partial charge in [0.05, 0.1) is 11.9 Å². The van der Waals surface area contributed by atoms with E-state index >= 15 is 0 Å². The van der Waals surface area contributed by atoms with Gasteiger partial charge in [-0.15, -0.1) is 11.8 Å². The monoisotopic (exact) mass is 420 g/mol. The van der Waals surface area contributed by atoms with Crippen LogP contribution in [0.5, 0.6) is 0 Å². The standard InChI is InChI=1S/C21H25ClN2O3S/c1-14-12-18(8-9-19(14)22)24-21(26)17-6-4-16(5-7-17)13-28-15(2)20(25)23-10-11-27-3/h4-9,12,15H,10-11,13H2,1-3H3,(H,23,25)(H,24,26)/t15-/m0/s1. The number of benzene rings is 2. The van der Waals surface area contributed by atoms with Gasteiger partial charge in [0.2, 0.25) is 5.91 Å². The maximum Gasteiger partial charge on any atom is 0.255 e. The van der Waals surface area contributed by atoms with E-state index < -0.39 is 0 Å². The average molecular weight is 421 g/mol. The second kappa shape index (κ2) is 11.1. The van der Waals surface area contributed by atoms with E-state index in [1.165, 1.54) is 0 Å². The first-order chi connectivity index (χ1) is 13.4. The molecule has 0 radical (unpaired) electrons. The minimum atomic E-state index is -0.174. The molecule has 0 heterocycles. The highest BCUT2D eigenvalue weighted by atomic mass is 35.5. The zero-order chi connectivity index (χ0) is 20.5. The molecule has 5 nitrogen and oxygen atoms in total. The first-order valence-electron chi connectivity index (χ1n) is 8.95. The van der Waals surface area contributed by atoms with Gasteiger partial charge in [0.25, 0.3) is 5.91 Å². The molecule has 2 aromatic carbocycles. The van der Waals surface area contributed by atoms with Crippen LogP contribution < -0.4 is 10.6 Å². The number of carbonyl (C=O) groups is 2. The number of anilines is 1. The summed E-state index contributed by atoms with van der Waals surface area (Å²) in [4.78, 5) is 24.3. The van der Waals surface area contributed by atoms with E-state index in [2.05, 4.69) is 10.6 Å². The molecule has 0 bridgehead atoms. The number of nitrogens with one attached hydrogen (secondary N) is 2. The molecule has 0 aliphatic rings. The fraction of sp³-hybridized carbons (Fsp3) is 0.333. The van der Waals surface area contributed by atoms with Crippen molar-refractivity contribution >= 4 is 40.9 Å². The fourth-order valence-electron chi connectivity index (χ4n) is 2.39. The Balaban J connectivity index is 1.85. The number of rotatable bonds is 9. The molecule has 0 saturated heterocycles. The van der Waals surface area contributed by atoms with Gasteiger partial charge in [-0.1, -0.05) is 23.7 Å². The fourth-order valence-corrected chi connectivity index (χ4v) is 3.38. The first kappa shape index (κ1) is 22.3. The van der Waals surface area contributed by atoms with Crippen LogP contribution in [0.3, 0.4) is 0 Å². The summed E-state index contributed by atoms with van der Waals surface area (Å²) in [5.74, 6) is 0.514. The molecule has 2 amide bonds. The van der Waals surface area contributed by atoms with Gasteiger partial charge in [-0.3, -0.25) is 9.59 Å². The van der Waals surface area contributed by atoms with Gasteiger partial charge < -0.3 is 15.4 Å². The van der Waals surface area contributed by atoms with E-state index in [0.717, 1.165) is 11.1 Å². The van der Waals surface area contributed by atoms with Gasteiger partial charge in [0, 0.05) is 35.7 Å². The Kier molecular flexibility index (Phi) is 8.83. The maximum atomic E-state index is 12.4. The molecule has 7 heteroatoms. The van der Waals surface area contributed by atoms with Crippen LogP contribution in [-0.2, 0) is 15.3 Å². The molecule has 150 valence electrons. The van der Waals surface area contributed by atoms with Crippen molar-refractivity contribution in [2.45, 2.75) is 24.9 Å². The number of hydrogen-bond donors (Lipinski definition) is 2. The average Bonchev–Trinajstić information content (AvgIpc) is 2.69. The molecular formula is C21H25ClN2O3S. The summed E-state index contributed by atoms with van der Waals surface area (Å²) in [5.41, 5.74) is 3.25. The molecule has 0 aromatic heterocycles. The predicted octanol–water partition coefficient (Wildman–Crippen LogP) is 4.29. The molecule has 28 heavy (non-hydrogen) atoms. The molecule has 0 saturated carbocycles. The zero-order valence-corrected chi connectivity index (χ0v) is 17.8. The molecule has 0 fully saturated rings. The summed E-state index contributed by atoms with van der Waals surface area (Å²) < 4.78 is 4.92. The topological polar surface area (TPSA) is 67.4 Å². The minimum Gasteiger partial charge on any atom is -0.383 e. The third-order valence-electron chi connectivity index (χ3n) is 4.11. The van der Waals surface area contributed by atoms with Crippen molar-refractivity contribution in [2.75, 3.05) is 25.6 Å². The van der Waals surface area contributed by atoms with Crippen molar-refractivity contribution in [3.8, 4) is 0 Å². The Hall–Kier alpha value is -2.02. The van der Waals surface area contributed by atoms with E-state index in [-0.39, 0.29) is 17.1 Å². The molecule has 0 aliphatic carbocycles. The van der Waals surface area contributed by atoms with Crippen LogP contribution in [0.4, 0.5) is 5.69 Å². The number of halogens is 1. The van der Waals surface area contributed by atoms with Crippen LogP contribution in [0.1, 0.15) is 28.4 Å². The quantitative estimate of drug-likeness (QED) is 0.594. The number of thioether (sulfide) groups is 1. The third-order valence-corrected chi connectivity index (χ3v) is 5.74. The Morgan fingerprint density at radius 3 is 2.54 bits per heavy atom. The summed E-state index contributed by atoms with van der Waals surface area (Å²) in [6, 6.07) is 12.8. The number of amides is 2. The molecule has 0 unspecified atom stereocenters. The van der Waals surface area contributed by atoms with Gasteiger partial charge in [0.1, 0.15) is 0 Å². The number of hydrogen-bond acceptors (Lipinski definition) is 4. The summed E-state index contributed by atoms with van der Waals surface area (Å²) >= 11 is 7.56. The lowest BCUT2D eigenvalue weighted by Gasteiger charge is -2.12. The van der Waals surface area contributed by atoms with Gasteiger partial charge in [-0.05, 0) is 55.3 Å². The SMILES string of the molecule is COCCNC(=O)[C@H](C)SCc1ccc(C(=O)Nc2ccc(Cl)c(C)c2)cc1. The number of methoxy groups -OCH3 is 1. The highest BCUT2D eigenvalue weighted by Gasteiger charge is 2.13. The molecule has 2 rings (SSSR count). The van der Waals surface area contributed by atoms with Gasteiger partial charge >= 0.3 is 0 Å². The van der Waals surface area contributed by atoms with Crippen LogP contribution >= 0.6 is 23.4 Å². The zero-order valence-electron chi connectivity index (χ0n) is 16.3. The van der Waals surface area contributed by atoms with E-state index in [1.54, 1.807) is 43.1 Å². The summed E-state index contributed by atoms with van der Waals surface area (Å²) in [5, 5.41) is 6.21. The lowest BCUT2D eigenvalue weighted by molar-refractivity contribution is -0.120. The summed E-state index contributed by atoms with van der Waals surface area (Å²) in [6.07, 6.45) is 0. The van der Waals surface area contributed by atoms with E-state index in [9.17, 15) is 9.59 Å². The lowest BCUT2D eigenvalue weighted by Crippen LogP contribution is -2.33. The van der Waals surface area contributed by atoms with E-state index in [0.29, 0.717) is 35.2 Å². The van der Waals surface area contributed by atoms with Crippen LogP contribution in [-0.4, -0.2) is 37.3 Å². The van der Waals surface area contributed by atoms with Crippen molar-refractivity contribution < 1.29 is 14.3 Å². The Morgan fingerprint density at radius 2 is 1.89 bits per heavy atom. The van der Waals surface area contributed by atoms with Gasteiger partial charge in [0.15, 0.2) is 0 Å². The second-order valence-electron chi connectivity index (χ2n) is 6.35. The molecule has 2 N–H and O–H groups in total. The molecule has 0 spiro atoms. The summed E-state index contributed by atoms with van der Waals surface area (Å²) in [6.45, 7) is 4.78. The third kappa shape index (κ3) is 6.86. The smallest absolute Gasteiger partial charge is 0.255 e. The van der Waals surface area contributed by atoms with Crippen LogP contribution in [0.2, 0.25) is 5.02 Å². The number of aryl methyl sites for hydroxylation is 1. The molecule has 0 aliphatic heterocycles. The molecule has 1 atom stereocenters. The Bertz CT molecular complexity index is 812. The maximum absolute atomic E-state index is 12.4. The van der Waals surface area contributed by atoms with Crippen LogP contribution in [0, 0.1) is 6.92 Å². The Labute approximate surface area is 175 Å². The Morgan fingerprint density at radius 1 is 1.18 bits per heavy atom. The van der Waals surface area contributed by atoms with Crippen molar-refractivity contribution in [2.24, 2.45) is 0 Å². The van der Waals surface area contributed by atoms with Crippen LogP contribution in [0.25, 0.3) is 0 Å². The number of ether oxygens (including phenoxy) is 1. The molecular weight excluding hydrogens is 396 g/mol. The van der Waals surface area contributed by atoms with Crippen LogP contribution in [0.15, 0.2) is 42.5 Å². The largest absolute Gasteiger partial charge is 0.383 e. The second-order valence-corrected chi connectivity index (χ2v) is 8.09. The van der Waals surface area contributed by atoms with E-state index in [1.807, 2.05) is 32.0 Å².